The maximum atomic E-state index is 13.5. The lowest BCUT2D eigenvalue weighted by atomic mass is 10.2. The van der Waals surface area contributed by atoms with E-state index in [2.05, 4.69) is 21.5 Å². The SMILES string of the molecule is O=C(Nc1ccc(C(=O)NNc2ccc(F)c(F)c2F)cc1)NC1CC1. The normalized spacial score (nSPS) is 13.0. The Labute approximate surface area is 146 Å². The van der Waals surface area contributed by atoms with Crippen molar-refractivity contribution in [2.45, 2.75) is 18.9 Å². The van der Waals surface area contributed by atoms with E-state index >= 15 is 0 Å². The van der Waals surface area contributed by atoms with E-state index in [4.69, 9.17) is 0 Å². The van der Waals surface area contributed by atoms with Crippen molar-refractivity contribution in [3.8, 4) is 0 Å². The Morgan fingerprint density at radius 2 is 1.62 bits per heavy atom. The van der Waals surface area contributed by atoms with Crippen molar-refractivity contribution in [3.05, 3.63) is 59.4 Å². The first-order valence-electron chi connectivity index (χ1n) is 7.81. The van der Waals surface area contributed by atoms with Gasteiger partial charge in [0.05, 0.1) is 5.69 Å². The smallest absolute Gasteiger partial charge is 0.319 e. The van der Waals surface area contributed by atoms with Crippen LogP contribution in [0.5, 0.6) is 0 Å². The Kier molecular flexibility index (Phi) is 4.97. The minimum atomic E-state index is -1.64. The number of amides is 3. The topological polar surface area (TPSA) is 82.3 Å². The minimum Gasteiger partial charge on any atom is -0.335 e. The van der Waals surface area contributed by atoms with Gasteiger partial charge in [-0.25, -0.2) is 18.0 Å². The van der Waals surface area contributed by atoms with E-state index in [9.17, 15) is 22.8 Å². The van der Waals surface area contributed by atoms with E-state index in [-0.39, 0.29) is 17.6 Å². The molecule has 0 aromatic heterocycles. The number of benzene rings is 2. The van der Waals surface area contributed by atoms with Crippen LogP contribution in [-0.4, -0.2) is 18.0 Å². The zero-order valence-corrected chi connectivity index (χ0v) is 13.4. The van der Waals surface area contributed by atoms with Crippen LogP contribution < -0.4 is 21.5 Å². The van der Waals surface area contributed by atoms with Gasteiger partial charge in [0.25, 0.3) is 5.91 Å². The lowest BCUT2D eigenvalue weighted by Gasteiger charge is -2.11. The molecule has 26 heavy (non-hydrogen) atoms. The van der Waals surface area contributed by atoms with E-state index in [1.54, 1.807) is 0 Å². The van der Waals surface area contributed by atoms with Gasteiger partial charge in [0.1, 0.15) is 0 Å². The second-order valence-electron chi connectivity index (χ2n) is 5.75. The van der Waals surface area contributed by atoms with E-state index < -0.39 is 29.0 Å². The number of halogens is 3. The molecule has 1 fully saturated rings. The average molecular weight is 364 g/mol. The second kappa shape index (κ2) is 7.34. The summed E-state index contributed by atoms with van der Waals surface area (Å²) < 4.78 is 39.5. The quantitative estimate of drug-likeness (QED) is 0.486. The third-order valence-electron chi connectivity index (χ3n) is 3.66. The van der Waals surface area contributed by atoms with Crippen LogP contribution in [-0.2, 0) is 0 Å². The molecule has 9 heteroatoms. The van der Waals surface area contributed by atoms with E-state index in [1.807, 2.05) is 0 Å². The average Bonchev–Trinajstić information content (AvgIpc) is 3.43. The van der Waals surface area contributed by atoms with Crippen LogP contribution in [0.2, 0.25) is 0 Å². The predicted octanol–water partition coefficient (Wildman–Crippen LogP) is 3.14. The molecule has 0 aliphatic heterocycles. The summed E-state index contributed by atoms with van der Waals surface area (Å²) >= 11 is 0. The maximum Gasteiger partial charge on any atom is 0.319 e. The van der Waals surface area contributed by atoms with Crippen molar-refractivity contribution in [3.63, 3.8) is 0 Å². The summed E-state index contributed by atoms with van der Waals surface area (Å²) in [6.45, 7) is 0. The van der Waals surface area contributed by atoms with Crippen molar-refractivity contribution in [2.24, 2.45) is 0 Å². The van der Waals surface area contributed by atoms with E-state index in [1.165, 1.54) is 24.3 Å². The molecule has 3 amide bonds. The number of nitrogens with one attached hydrogen (secondary N) is 4. The number of carbonyl (C=O) groups is 2. The monoisotopic (exact) mass is 364 g/mol. The fraction of sp³-hybridized carbons (Fsp3) is 0.176. The fourth-order valence-electron chi connectivity index (χ4n) is 2.10. The predicted molar refractivity (Wildman–Crippen MR) is 89.0 cm³/mol. The summed E-state index contributed by atoms with van der Waals surface area (Å²) in [6, 6.07) is 7.55. The molecule has 0 spiro atoms. The lowest BCUT2D eigenvalue weighted by molar-refractivity contribution is 0.0962. The number of urea groups is 1. The lowest BCUT2D eigenvalue weighted by Crippen LogP contribution is -2.31. The summed E-state index contributed by atoms with van der Waals surface area (Å²) in [5, 5.41) is 5.39. The van der Waals surface area contributed by atoms with Crippen LogP contribution >= 0.6 is 0 Å². The molecule has 0 radical (unpaired) electrons. The Balaban J connectivity index is 1.56. The molecule has 3 rings (SSSR count). The van der Waals surface area contributed by atoms with Gasteiger partial charge in [-0.15, -0.1) is 0 Å². The highest BCUT2D eigenvalue weighted by Crippen LogP contribution is 2.20. The largest absolute Gasteiger partial charge is 0.335 e. The van der Waals surface area contributed by atoms with Gasteiger partial charge in [-0.1, -0.05) is 0 Å². The van der Waals surface area contributed by atoms with Gasteiger partial charge in [-0.3, -0.25) is 15.6 Å². The van der Waals surface area contributed by atoms with Gasteiger partial charge < -0.3 is 10.6 Å². The molecule has 6 nitrogen and oxygen atoms in total. The standard InChI is InChI=1S/C17H15F3N4O2/c18-12-7-8-13(15(20)14(12)19)23-24-16(25)9-1-3-10(4-2-9)21-17(26)22-11-5-6-11/h1-4,7-8,11,23H,5-6H2,(H,24,25)(H2,21,22,26). The highest BCUT2D eigenvalue weighted by molar-refractivity contribution is 5.96. The molecule has 0 heterocycles. The number of anilines is 2. The molecule has 1 saturated carbocycles. The van der Waals surface area contributed by atoms with E-state index in [0.717, 1.165) is 25.0 Å². The summed E-state index contributed by atoms with van der Waals surface area (Å²) in [7, 11) is 0. The van der Waals surface area contributed by atoms with Crippen LogP contribution in [0.15, 0.2) is 36.4 Å². The number of rotatable bonds is 5. The Morgan fingerprint density at radius 3 is 2.27 bits per heavy atom. The van der Waals surface area contributed by atoms with Crippen molar-refractivity contribution in [1.29, 1.82) is 0 Å². The molecule has 1 aliphatic carbocycles. The van der Waals surface area contributed by atoms with Gasteiger partial charge >= 0.3 is 6.03 Å². The highest BCUT2D eigenvalue weighted by atomic mass is 19.2. The van der Waals surface area contributed by atoms with Crippen molar-refractivity contribution in [2.75, 3.05) is 10.7 Å². The van der Waals surface area contributed by atoms with Crippen molar-refractivity contribution >= 4 is 23.3 Å². The fourth-order valence-corrected chi connectivity index (χ4v) is 2.10. The first-order chi connectivity index (χ1) is 12.4. The summed E-state index contributed by atoms with van der Waals surface area (Å²) in [6.07, 6.45) is 1.94. The first kappa shape index (κ1) is 17.6. The van der Waals surface area contributed by atoms with Crippen molar-refractivity contribution < 1.29 is 22.8 Å². The Hall–Kier alpha value is -3.23. The van der Waals surface area contributed by atoms with Gasteiger partial charge in [-0.05, 0) is 49.2 Å². The van der Waals surface area contributed by atoms with Gasteiger partial charge in [0.15, 0.2) is 17.5 Å². The Morgan fingerprint density at radius 1 is 0.923 bits per heavy atom. The number of hydrazine groups is 1. The molecule has 0 unspecified atom stereocenters. The zero-order valence-electron chi connectivity index (χ0n) is 13.4. The van der Waals surface area contributed by atoms with Crippen molar-refractivity contribution in [1.82, 2.24) is 10.7 Å². The summed E-state index contributed by atoms with van der Waals surface area (Å²) in [4.78, 5) is 23.6. The molecule has 1 aliphatic rings. The third kappa shape index (κ3) is 4.24. The van der Waals surface area contributed by atoms with Gasteiger partial charge in [0.2, 0.25) is 0 Å². The molecular formula is C17H15F3N4O2. The van der Waals surface area contributed by atoms with Crippen LogP contribution in [0, 0.1) is 17.5 Å². The van der Waals surface area contributed by atoms with Gasteiger partial charge in [0, 0.05) is 17.3 Å². The zero-order chi connectivity index (χ0) is 18.7. The minimum absolute atomic E-state index is 0.216. The first-order valence-corrected chi connectivity index (χ1v) is 7.81. The van der Waals surface area contributed by atoms with Gasteiger partial charge in [-0.2, -0.15) is 0 Å². The Bertz CT molecular complexity index is 839. The molecule has 136 valence electrons. The van der Waals surface area contributed by atoms with Crippen LogP contribution in [0.1, 0.15) is 23.2 Å². The van der Waals surface area contributed by atoms with E-state index in [0.29, 0.717) is 5.69 Å². The molecular weight excluding hydrogens is 349 g/mol. The summed E-state index contributed by atoms with van der Waals surface area (Å²) in [5.41, 5.74) is 4.68. The maximum absolute atomic E-state index is 13.5. The molecule has 4 N–H and O–H groups in total. The molecule has 2 aromatic rings. The summed E-state index contributed by atoms with van der Waals surface area (Å²) in [5.74, 6) is -5.02. The van der Waals surface area contributed by atoms with Crippen LogP contribution in [0.25, 0.3) is 0 Å². The van der Waals surface area contributed by atoms with Crippen LogP contribution in [0.3, 0.4) is 0 Å². The third-order valence-corrected chi connectivity index (χ3v) is 3.66. The number of hydrogen-bond donors (Lipinski definition) is 4. The van der Waals surface area contributed by atoms with Crippen LogP contribution in [0.4, 0.5) is 29.3 Å². The molecule has 0 saturated heterocycles. The molecule has 2 aromatic carbocycles. The second-order valence-corrected chi connectivity index (χ2v) is 5.75. The number of carbonyl (C=O) groups excluding carboxylic acids is 2. The molecule has 0 bridgehead atoms. The highest BCUT2D eigenvalue weighted by Gasteiger charge is 2.23. The number of hydrogen-bond acceptors (Lipinski definition) is 3. The molecule has 0 atom stereocenters.